The maximum atomic E-state index is 3.50. The lowest BCUT2D eigenvalue weighted by Crippen LogP contribution is -2.45. The second kappa shape index (κ2) is 7.80. The van der Waals surface area contributed by atoms with Gasteiger partial charge in [-0.1, -0.05) is 17.8 Å². The lowest BCUT2D eigenvalue weighted by molar-refractivity contribution is 0.102. The van der Waals surface area contributed by atoms with Gasteiger partial charge in [-0.15, -0.1) is 0 Å². The van der Waals surface area contributed by atoms with Gasteiger partial charge in [0.15, 0.2) is 0 Å². The summed E-state index contributed by atoms with van der Waals surface area (Å²) < 4.78 is 1.28. The summed E-state index contributed by atoms with van der Waals surface area (Å²) in [6.45, 7) is 9.36. The zero-order chi connectivity index (χ0) is 19.0. The van der Waals surface area contributed by atoms with Gasteiger partial charge < -0.3 is 4.98 Å². The largest absolute Gasteiger partial charge is 0.361 e. The molecule has 1 saturated heterocycles. The predicted molar refractivity (Wildman–Crippen MR) is 125 cm³/mol. The number of halogens is 1. The molecule has 4 heteroatoms. The molecule has 4 rings (SSSR count). The third kappa shape index (κ3) is 4.38. The minimum Gasteiger partial charge on any atom is -0.361 e. The zero-order valence-electron chi connectivity index (χ0n) is 16.3. The van der Waals surface area contributed by atoms with Crippen LogP contribution in [0.3, 0.4) is 0 Å². The van der Waals surface area contributed by atoms with Gasteiger partial charge in [-0.25, -0.2) is 0 Å². The van der Waals surface area contributed by atoms with Crippen LogP contribution in [-0.4, -0.2) is 28.5 Å². The van der Waals surface area contributed by atoms with E-state index in [0.717, 1.165) is 0 Å². The average Bonchev–Trinajstić information content (AvgIpc) is 3.04. The quantitative estimate of drug-likeness (QED) is 0.403. The third-order valence-electron chi connectivity index (χ3n) is 5.60. The number of likely N-dealkylation sites (tertiary alicyclic amines) is 1. The fraction of sp³-hybridized carbons (Fsp3) is 0.391. The molecule has 0 saturated carbocycles. The van der Waals surface area contributed by atoms with Crippen molar-refractivity contribution in [2.45, 2.75) is 54.9 Å². The maximum Gasteiger partial charge on any atom is 0.0457 e. The Labute approximate surface area is 180 Å². The molecule has 142 valence electrons. The Balaban J connectivity index is 1.56. The number of rotatable bonds is 3. The molecule has 27 heavy (non-hydrogen) atoms. The third-order valence-corrected chi connectivity index (χ3v) is 7.25. The zero-order valence-corrected chi connectivity index (χ0v) is 19.2. The molecule has 0 bridgehead atoms. The number of hydrogen-bond donors (Lipinski definition) is 1. The first-order valence-corrected chi connectivity index (χ1v) is 11.6. The van der Waals surface area contributed by atoms with E-state index >= 15 is 0 Å². The second-order valence-corrected chi connectivity index (χ2v) is 10.8. The molecule has 0 amide bonds. The number of fused-ring (bicyclic) bond motifs is 1. The van der Waals surface area contributed by atoms with E-state index in [1.165, 1.54) is 55.8 Å². The average molecular weight is 490 g/mol. The lowest BCUT2D eigenvalue weighted by atomic mass is 9.87. The Bertz CT molecular complexity index is 933. The van der Waals surface area contributed by atoms with E-state index < -0.39 is 0 Å². The van der Waals surface area contributed by atoms with Crippen molar-refractivity contribution in [1.29, 1.82) is 0 Å². The first kappa shape index (κ1) is 19.3. The molecule has 0 spiro atoms. The Morgan fingerprint density at radius 1 is 1.04 bits per heavy atom. The van der Waals surface area contributed by atoms with Gasteiger partial charge in [-0.05, 0) is 117 Å². The van der Waals surface area contributed by atoms with Gasteiger partial charge in [0.25, 0.3) is 0 Å². The standard InChI is InChI=1S/C23H27IN2S/c1-23(2,3)26-11-9-16(10-12-26)21-15-25-22-8-7-19(14-20(21)22)27-18-6-4-5-17(24)13-18/h4-8,13-16,25H,9-12H2,1-3H3. The van der Waals surface area contributed by atoms with Crippen molar-refractivity contribution in [2.24, 2.45) is 0 Å². The van der Waals surface area contributed by atoms with Crippen LogP contribution in [0.2, 0.25) is 0 Å². The second-order valence-electron chi connectivity index (χ2n) is 8.44. The molecule has 1 fully saturated rings. The van der Waals surface area contributed by atoms with Crippen LogP contribution in [0.1, 0.15) is 45.1 Å². The number of benzene rings is 2. The van der Waals surface area contributed by atoms with Crippen molar-refractivity contribution in [3.05, 3.63) is 57.8 Å². The summed E-state index contributed by atoms with van der Waals surface area (Å²) in [5, 5.41) is 1.40. The number of nitrogens with zero attached hydrogens (tertiary/aromatic N) is 1. The van der Waals surface area contributed by atoms with Crippen molar-refractivity contribution in [3.63, 3.8) is 0 Å². The number of piperidine rings is 1. The highest BCUT2D eigenvalue weighted by molar-refractivity contribution is 14.1. The summed E-state index contributed by atoms with van der Waals surface area (Å²) in [4.78, 5) is 8.74. The van der Waals surface area contributed by atoms with Crippen LogP contribution in [0.15, 0.2) is 58.5 Å². The molecule has 0 unspecified atom stereocenters. The minimum atomic E-state index is 0.280. The summed E-state index contributed by atoms with van der Waals surface area (Å²) in [6.07, 6.45) is 4.75. The van der Waals surface area contributed by atoms with E-state index in [1.54, 1.807) is 0 Å². The monoisotopic (exact) mass is 490 g/mol. The molecule has 1 aliphatic rings. The van der Waals surface area contributed by atoms with Gasteiger partial charge in [-0.2, -0.15) is 0 Å². The van der Waals surface area contributed by atoms with E-state index in [9.17, 15) is 0 Å². The summed E-state index contributed by atoms with van der Waals surface area (Å²) in [6, 6.07) is 15.6. The molecule has 3 aromatic rings. The molecule has 0 aliphatic carbocycles. The number of H-pyrrole nitrogens is 1. The van der Waals surface area contributed by atoms with Crippen LogP contribution in [0, 0.1) is 3.57 Å². The molecular weight excluding hydrogens is 463 g/mol. The van der Waals surface area contributed by atoms with Crippen molar-refractivity contribution in [2.75, 3.05) is 13.1 Å². The van der Waals surface area contributed by atoms with Gasteiger partial charge in [-0.3, -0.25) is 4.90 Å². The Morgan fingerprint density at radius 3 is 2.48 bits per heavy atom. The van der Waals surface area contributed by atoms with Crippen molar-refractivity contribution >= 4 is 45.3 Å². The van der Waals surface area contributed by atoms with Crippen LogP contribution >= 0.6 is 34.4 Å². The van der Waals surface area contributed by atoms with E-state index in [0.29, 0.717) is 5.92 Å². The van der Waals surface area contributed by atoms with Gasteiger partial charge in [0.2, 0.25) is 0 Å². The molecule has 2 aromatic carbocycles. The fourth-order valence-electron chi connectivity index (χ4n) is 4.05. The molecule has 0 radical (unpaired) electrons. The van der Waals surface area contributed by atoms with E-state index in [4.69, 9.17) is 0 Å². The maximum absolute atomic E-state index is 3.50. The summed E-state index contributed by atoms with van der Waals surface area (Å²) in [7, 11) is 0. The summed E-state index contributed by atoms with van der Waals surface area (Å²) >= 11 is 4.23. The Morgan fingerprint density at radius 2 is 1.78 bits per heavy atom. The molecule has 2 heterocycles. The number of hydrogen-bond acceptors (Lipinski definition) is 2. The fourth-order valence-corrected chi connectivity index (χ4v) is 5.72. The van der Waals surface area contributed by atoms with Gasteiger partial charge in [0.05, 0.1) is 0 Å². The number of aromatic amines is 1. The van der Waals surface area contributed by atoms with E-state index in [-0.39, 0.29) is 5.54 Å². The molecule has 2 nitrogen and oxygen atoms in total. The number of aromatic nitrogens is 1. The molecule has 0 atom stereocenters. The lowest BCUT2D eigenvalue weighted by Gasteiger charge is -2.40. The van der Waals surface area contributed by atoms with E-state index in [1.807, 2.05) is 11.8 Å². The molecule has 1 aromatic heterocycles. The van der Waals surface area contributed by atoms with Crippen LogP contribution in [0.5, 0.6) is 0 Å². The topological polar surface area (TPSA) is 19.0 Å². The van der Waals surface area contributed by atoms with Crippen LogP contribution in [0.25, 0.3) is 10.9 Å². The van der Waals surface area contributed by atoms with E-state index in [2.05, 4.69) is 102 Å². The Kier molecular flexibility index (Phi) is 5.59. The van der Waals surface area contributed by atoms with Crippen molar-refractivity contribution in [3.8, 4) is 0 Å². The molecular formula is C23H27IN2S. The van der Waals surface area contributed by atoms with Gasteiger partial charge in [0.1, 0.15) is 0 Å². The molecule has 1 N–H and O–H groups in total. The number of nitrogens with one attached hydrogen (secondary N) is 1. The van der Waals surface area contributed by atoms with Gasteiger partial charge >= 0.3 is 0 Å². The smallest absolute Gasteiger partial charge is 0.0457 e. The first-order chi connectivity index (χ1) is 12.9. The summed E-state index contributed by atoms with van der Waals surface area (Å²) in [5.74, 6) is 0.662. The van der Waals surface area contributed by atoms with Crippen LogP contribution in [-0.2, 0) is 0 Å². The first-order valence-electron chi connectivity index (χ1n) is 9.70. The minimum absolute atomic E-state index is 0.280. The van der Waals surface area contributed by atoms with Crippen molar-refractivity contribution in [1.82, 2.24) is 9.88 Å². The highest BCUT2D eigenvalue weighted by Gasteiger charge is 2.28. The highest BCUT2D eigenvalue weighted by atomic mass is 127. The normalized spacial score (nSPS) is 16.9. The SMILES string of the molecule is CC(C)(C)N1CCC(c2c[nH]c3ccc(Sc4cccc(I)c4)cc23)CC1. The Hall–Kier alpha value is -0.980. The summed E-state index contributed by atoms with van der Waals surface area (Å²) in [5.41, 5.74) is 3.04. The highest BCUT2D eigenvalue weighted by Crippen LogP contribution is 2.37. The van der Waals surface area contributed by atoms with Crippen LogP contribution < -0.4 is 0 Å². The van der Waals surface area contributed by atoms with Gasteiger partial charge in [0, 0.05) is 36.0 Å². The van der Waals surface area contributed by atoms with Crippen molar-refractivity contribution < 1.29 is 0 Å². The van der Waals surface area contributed by atoms with Crippen LogP contribution in [0.4, 0.5) is 0 Å². The predicted octanol–water partition coefficient (Wildman–Crippen LogP) is 6.90. The molecule has 1 aliphatic heterocycles.